The first-order valence-corrected chi connectivity index (χ1v) is 10.1. The number of Topliss-reactive ketones (excluding diaryl/α,β-unsaturated/α-hetero) is 1. The van der Waals surface area contributed by atoms with Crippen LogP contribution < -0.4 is 10.1 Å². The number of nitrogens with one attached hydrogen (secondary N) is 1. The molecule has 2 aromatic rings. The minimum absolute atomic E-state index is 0.0956. The number of carbonyl (C=O) groups is 3. The maximum absolute atomic E-state index is 12.9. The van der Waals surface area contributed by atoms with Gasteiger partial charge in [-0.15, -0.1) is 0 Å². The lowest BCUT2D eigenvalue weighted by molar-refractivity contribution is -0.130. The van der Waals surface area contributed by atoms with E-state index in [4.69, 9.17) is 4.74 Å². The van der Waals surface area contributed by atoms with E-state index in [1.165, 1.54) is 0 Å². The molecular formula is C24H26N2O4. The van der Waals surface area contributed by atoms with Crippen LogP contribution in [0.1, 0.15) is 30.9 Å². The molecule has 0 aliphatic carbocycles. The molecule has 3 rings (SSSR count). The van der Waals surface area contributed by atoms with Gasteiger partial charge in [0.05, 0.1) is 13.3 Å². The molecule has 1 aliphatic rings. The van der Waals surface area contributed by atoms with Crippen molar-refractivity contribution in [2.45, 2.75) is 32.2 Å². The van der Waals surface area contributed by atoms with E-state index in [1.54, 1.807) is 11.0 Å². The molecule has 2 aromatic carbocycles. The molecule has 0 radical (unpaired) electrons. The van der Waals surface area contributed by atoms with Crippen molar-refractivity contribution in [3.8, 4) is 5.75 Å². The largest absolute Gasteiger partial charge is 0.494 e. The third-order valence-corrected chi connectivity index (χ3v) is 4.90. The summed E-state index contributed by atoms with van der Waals surface area (Å²) in [5.41, 5.74) is 2.39. The van der Waals surface area contributed by atoms with Crippen molar-refractivity contribution in [2.75, 3.05) is 13.3 Å². The van der Waals surface area contributed by atoms with E-state index < -0.39 is 11.8 Å². The normalized spacial score (nSPS) is 17.2. The van der Waals surface area contributed by atoms with Gasteiger partial charge in [0.1, 0.15) is 11.8 Å². The summed E-state index contributed by atoms with van der Waals surface area (Å²) in [6.45, 7) is 2.88. The molecule has 1 amide bonds. The summed E-state index contributed by atoms with van der Waals surface area (Å²) in [5, 5.41) is 2.98. The monoisotopic (exact) mass is 406 g/mol. The molecular weight excluding hydrogens is 380 g/mol. The van der Waals surface area contributed by atoms with Gasteiger partial charge in [-0.1, -0.05) is 49.4 Å². The zero-order valence-electron chi connectivity index (χ0n) is 17.0. The number of rotatable bonds is 9. The highest BCUT2D eigenvalue weighted by Crippen LogP contribution is 2.23. The van der Waals surface area contributed by atoms with Crippen molar-refractivity contribution in [3.63, 3.8) is 0 Å². The minimum atomic E-state index is -0.820. The van der Waals surface area contributed by atoms with E-state index in [9.17, 15) is 14.4 Å². The molecule has 1 N–H and O–H groups in total. The first kappa shape index (κ1) is 21.5. The Labute approximate surface area is 176 Å². The van der Waals surface area contributed by atoms with Crippen LogP contribution in [0.15, 0.2) is 60.3 Å². The average Bonchev–Trinajstić information content (AvgIpc) is 3.20. The van der Waals surface area contributed by atoms with Crippen LogP contribution in [0, 0.1) is 0 Å². The van der Waals surface area contributed by atoms with Crippen LogP contribution >= 0.6 is 0 Å². The zero-order chi connectivity index (χ0) is 21.3. The third kappa shape index (κ3) is 5.42. The summed E-state index contributed by atoms with van der Waals surface area (Å²) in [6.07, 6.45) is 3.92. The second kappa shape index (κ2) is 10.5. The number of carbonyl (C=O) groups excluding carboxylic acids is 3. The van der Waals surface area contributed by atoms with Crippen LogP contribution in [0.25, 0.3) is 6.08 Å². The van der Waals surface area contributed by atoms with E-state index in [-0.39, 0.29) is 12.6 Å². The molecule has 1 fully saturated rings. The van der Waals surface area contributed by atoms with Crippen LogP contribution in [0.5, 0.6) is 5.75 Å². The third-order valence-electron chi connectivity index (χ3n) is 4.90. The van der Waals surface area contributed by atoms with E-state index in [0.717, 1.165) is 23.3 Å². The molecule has 30 heavy (non-hydrogen) atoms. The Kier molecular flexibility index (Phi) is 7.51. The van der Waals surface area contributed by atoms with Gasteiger partial charge >= 0.3 is 0 Å². The summed E-state index contributed by atoms with van der Waals surface area (Å²) in [5.74, 6) is 0.0732. The Morgan fingerprint density at radius 1 is 1.13 bits per heavy atom. The molecule has 6 nitrogen and oxygen atoms in total. The Morgan fingerprint density at radius 2 is 1.87 bits per heavy atom. The van der Waals surface area contributed by atoms with Crippen molar-refractivity contribution >= 4 is 24.1 Å². The van der Waals surface area contributed by atoms with Crippen LogP contribution in [0.2, 0.25) is 0 Å². The van der Waals surface area contributed by atoms with Gasteiger partial charge < -0.3 is 9.64 Å². The van der Waals surface area contributed by atoms with Gasteiger partial charge in [-0.3, -0.25) is 19.7 Å². The molecule has 1 aliphatic heterocycles. The number of ketones is 1. The highest BCUT2D eigenvalue weighted by atomic mass is 16.5. The van der Waals surface area contributed by atoms with Crippen LogP contribution in [0.3, 0.4) is 0 Å². The summed E-state index contributed by atoms with van der Waals surface area (Å²) in [4.78, 5) is 37.6. The average molecular weight is 406 g/mol. The quantitative estimate of drug-likeness (QED) is 0.512. The number of ether oxygens (including phenoxy) is 1. The molecule has 0 spiro atoms. The van der Waals surface area contributed by atoms with Gasteiger partial charge in [0.25, 0.3) is 0 Å². The van der Waals surface area contributed by atoms with Crippen LogP contribution in [-0.4, -0.2) is 42.2 Å². The van der Waals surface area contributed by atoms with Crippen molar-refractivity contribution in [1.29, 1.82) is 0 Å². The fourth-order valence-corrected chi connectivity index (χ4v) is 3.32. The predicted molar refractivity (Wildman–Crippen MR) is 115 cm³/mol. The van der Waals surface area contributed by atoms with E-state index in [1.807, 2.05) is 61.5 Å². The smallest absolute Gasteiger partial charge is 0.228 e. The molecule has 1 unspecified atom stereocenters. The van der Waals surface area contributed by atoms with Gasteiger partial charge in [0, 0.05) is 12.1 Å². The topological polar surface area (TPSA) is 75.7 Å². The molecule has 6 heteroatoms. The molecule has 0 aromatic heterocycles. The Balaban J connectivity index is 1.78. The van der Waals surface area contributed by atoms with Gasteiger partial charge in [0.15, 0.2) is 6.29 Å². The zero-order valence-corrected chi connectivity index (χ0v) is 17.0. The number of amides is 1. The number of nitrogens with zero attached hydrogens (tertiary/aromatic N) is 1. The van der Waals surface area contributed by atoms with Gasteiger partial charge in [0.2, 0.25) is 11.7 Å². The van der Waals surface area contributed by atoms with Crippen LogP contribution in [-0.2, 0) is 20.8 Å². The SMILES string of the molecule is CCCOc1ccc(C=C2C(C(=O)C=O)NCN2C(=O)CCc2ccccc2)cc1. The first-order chi connectivity index (χ1) is 14.6. The van der Waals surface area contributed by atoms with Crippen molar-refractivity contribution in [1.82, 2.24) is 10.2 Å². The molecule has 1 saturated heterocycles. The highest BCUT2D eigenvalue weighted by Gasteiger charge is 2.35. The maximum atomic E-state index is 12.9. The van der Waals surface area contributed by atoms with E-state index in [2.05, 4.69) is 5.32 Å². The Morgan fingerprint density at radius 3 is 2.53 bits per heavy atom. The maximum Gasteiger partial charge on any atom is 0.228 e. The lowest BCUT2D eigenvalue weighted by Crippen LogP contribution is -2.32. The first-order valence-electron chi connectivity index (χ1n) is 10.1. The Hall–Kier alpha value is -3.25. The molecule has 1 heterocycles. The molecule has 156 valence electrons. The highest BCUT2D eigenvalue weighted by molar-refractivity contribution is 6.28. The number of aldehydes is 1. The van der Waals surface area contributed by atoms with Crippen molar-refractivity contribution in [2.24, 2.45) is 0 Å². The van der Waals surface area contributed by atoms with Crippen molar-refractivity contribution in [3.05, 3.63) is 71.4 Å². The van der Waals surface area contributed by atoms with Crippen molar-refractivity contribution < 1.29 is 19.1 Å². The molecule has 0 bridgehead atoms. The summed E-state index contributed by atoms with van der Waals surface area (Å²) >= 11 is 0. The minimum Gasteiger partial charge on any atom is -0.494 e. The van der Waals surface area contributed by atoms with Gasteiger partial charge in [-0.05, 0) is 42.2 Å². The summed E-state index contributed by atoms with van der Waals surface area (Å²) in [6, 6.07) is 16.4. The van der Waals surface area contributed by atoms with Crippen LogP contribution in [0.4, 0.5) is 0 Å². The number of aryl methyl sites for hydroxylation is 1. The van der Waals surface area contributed by atoms with Gasteiger partial charge in [-0.2, -0.15) is 0 Å². The number of hydrogen-bond donors (Lipinski definition) is 1. The standard InChI is InChI=1S/C24H26N2O4/c1-2-14-30-20-11-8-19(9-12-20)15-21-24(22(28)16-27)25-17-26(21)23(29)13-10-18-6-4-3-5-7-18/h3-9,11-12,15-16,24-25H,2,10,13-14,17H2,1H3. The van der Waals surface area contributed by atoms with Gasteiger partial charge in [-0.25, -0.2) is 0 Å². The fourth-order valence-electron chi connectivity index (χ4n) is 3.32. The van der Waals surface area contributed by atoms with E-state index in [0.29, 0.717) is 31.4 Å². The summed E-state index contributed by atoms with van der Waals surface area (Å²) in [7, 11) is 0. The number of benzene rings is 2. The lowest BCUT2D eigenvalue weighted by Gasteiger charge is -2.19. The predicted octanol–water partition coefficient (Wildman–Crippen LogP) is 2.98. The number of hydrogen-bond acceptors (Lipinski definition) is 5. The van der Waals surface area contributed by atoms with E-state index >= 15 is 0 Å². The summed E-state index contributed by atoms with van der Waals surface area (Å²) < 4.78 is 5.59. The Bertz CT molecular complexity index is 907. The molecule has 1 atom stereocenters. The fraction of sp³-hybridized carbons (Fsp3) is 0.292. The lowest BCUT2D eigenvalue weighted by atomic mass is 10.1. The molecule has 0 saturated carbocycles. The second-order valence-corrected chi connectivity index (χ2v) is 7.11. The second-order valence-electron chi connectivity index (χ2n) is 7.11.